The summed E-state index contributed by atoms with van der Waals surface area (Å²) < 4.78 is 33.3. The third-order valence-corrected chi connectivity index (χ3v) is 8.62. The van der Waals surface area contributed by atoms with Crippen LogP contribution in [0.15, 0.2) is 158 Å². The van der Waals surface area contributed by atoms with Gasteiger partial charge in [-0.2, -0.15) is 0 Å². The predicted molar refractivity (Wildman–Crippen MR) is 218 cm³/mol. The van der Waals surface area contributed by atoms with Crippen molar-refractivity contribution in [2.24, 2.45) is 0 Å². The van der Waals surface area contributed by atoms with E-state index in [2.05, 4.69) is 131 Å². The number of benzene rings is 6. The lowest BCUT2D eigenvalue weighted by Crippen LogP contribution is -2.12. The van der Waals surface area contributed by atoms with Crippen molar-refractivity contribution < 1.29 is 28.4 Å². The van der Waals surface area contributed by atoms with Crippen molar-refractivity contribution in [3.8, 4) is 22.6 Å². The van der Waals surface area contributed by atoms with Crippen LogP contribution in [0.5, 0.6) is 11.5 Å². The molecule has 0 heterocycles. The highest BCUT2D eigenvalue weighted by Gasteiger charge is 2.16. The summed E-state index contributed by atoms with van der Waals surface area (Å²) in [5.41, 5.74) is 8.45. The van der Waals surface area contributed by atoms with Gasteiger partial charge in [0.15, 0.2) is 0 Å². The summed E-state index contributed by atoms with van der Waals surface area (Å²) in [5.74, 6) is 1.57. The van der Waals surface area contributed by atoms with Crippen LogP contribution in [-0.2, 0) is 18.9 Å². The zero-order valence-electron chi connectivity index (χ0n) is 31.0. The maximum absolute atomic E-state index is 6.03. The van der Waals surface area contributed by atoms with E-state index in [1.54, 1.807) is 14.2 Å². The Morgan fingerprint density at radius 1 is 0.333 bits per heavy atom. The predicted octanol–water partition coefficient (Wildman–Crippen LogP) is 10.4. The largest absolute Gasteiger partial charge is 0.491 e. The molecule has 6 rings (SSSR count). The van der Waals surface area contributed by atoms with Crippen molar-refractivity contribution in [1.29, 1.82) is 0 Å². The van der Waals surface area contributed by atoms with Gasteiger partial charge in [-0.15, -0.1) is 0 Å². The van der Waals surface area contributed by atoms with Gasteiger partial charge in [0, 0.05) is 60.5 Å². The van der Waals surface area contributed by atoms with E-state index in [0.29, 0.717) is 52.9 Å². The van der Waals surface area contributed by atoms with Gasteiger partial charge < -0.3 is 38.2 Å². The Hall–Kier alpha value is -5.64. The van der Waals surface area contributed by atoms with Crippen LogP contribution in [-0.4, -0.2) is 67.1 Å². The van der Waals surface area contributed by atoms with Crippen LogP contribution < -0.4 is 19.3 Å². The summed E-state index contributed by atoms with van der Waals surface area (Å²) in [4.78, 5) is 4.47. The van der Waals surface area contributed by atoms with Crippen LogP contribution in [0, 0.1) is 0 Å². The number of nitrogens with zero attached hydrogens (tertiary/aromatic N) is 2. The number of methoxy groups -OCH3 is 2. The standard InChI is InChI=1S/C46H48N2O6/c1-49-27-29-51-31-33-53-45-17-9-15-43(35-45)47(39-11-5-3-6-12-39)41-23-19-37(20-24-41)38-21-25-42(26-22-38)48(40-13-7-4-8-14-40)44-16-10-18-46(36-44)54-34-32-52-30-28-50-2/h3-26,35-36H,27-34H2,1-2H3. The van der Waals surface area contributed by atoms with Gasteiger partial charge >= 0.3 is 0 Å². The van der Waals surface area contributed by atoms with Gasteiger partial charge in [0.1, 0.15) is 24.7 Å². The van der Waals surface area contributed by atoms with Gasteiger partial charge in [-0.1, -0.05) is 72.8 Å². The third-order valence-electron chi connectivity index (χ3n) is 8.62. The monoisotopic (exact) mass is 724 g/mol. The average molecular weight is 725 g/mol. The van der Waals surface area contributed by atoms with E-state index in [1.807, 2.05) is 36.4 Å². The summed E-state index contributed by atoms with van der Waals surface area (Å²) in [6.45, 7) is 4.14. The highest BCUT2D eigenvalue weighted by atomic mass is 16.5. The van der Waals surface area contributed by atoms with Gasteiger partial charge in [0.05, 0.1) is 39.6 Å². The van der Waals surface area contributed by atoms with E-state index in [1.165, 1.54) is 0 Å². The highest BCUT2D eigenvalue weighted by Crippen LogP contribution is 2.39. The molecule has 0 aromatic heterocycles. The fourth-order valence-electron chi connectivity index (χ4n) is 6.00. The fourth-order valence-corrected chi connectivity index (χ4v) is 6.00. The normalized spacial score (nSPS) is 10.9. The summed E-state index contributed by atoms with van der Waals surface area (Å²) >= 11 is 0. The van der Waals surface area contributed by atoms with Gasteiger partial charge in [0.2, 0.25) is 0 Å². The van der Waals surface area contributed by atoms with Crippen molar-refractivity contribution in [2.75, 3.05) is 76.9 Å². The zero-order chi connectivity index (χ0) is 37.2. The molecule has 0 bridgehead atoms. The minimum atomic E-state index is 0.460. The number of hydrogen-bond donors (Lipinski definition) is 0. The molecule has 54 heavy (non-hydrogen) atoms. The smallest absolute Gasteiger partial charge is 0.121 e. The molecule has 0 saturated heterocycles. The summed E-state index contributed by atoms with van der Waals surface area (Å²) in [6.07, 6.45) is 0. The SMILES string of the molecule is COCCOCCOc1cccc(N(c2ccccc2)c2ccc(-c3ccc(N(c4ccccc4)c4cccc(OCCOCCOC)c4)cc3)cc2)c1. The van der Waals surface area contributed by atoms with E-state index in [9.17, 15) is 0 Å². The number of rotatable bonds is 21. The first kappa shape index (κ1) is 38.1. The molecule has 0 aliphatic carbocycles. The van der Waals surface area contributed by atoms with E-state index < -0.39 is 0 Å². The second-order valence-electron chi connectivity index (χ2n) is 12.3. The fraction of sp³-hybridized carbons (Fsp3) is 0.217. The number of ether oxygens (including phenoxy) is 6. The first-order valence-corrected chi connectivity index (χ1v) is 18.2. The Labute approximate surface area is 319 Å². The molecule has 0 aliphatic rings. The molecule has 0 amide bonds. The highest BCUT2D eigenvalue weighted by molar-refractivity contribution is 5.81. The Kier molecular flexibility index (Phi) is 14.5. The number of anilines is 6. The van der Waals surface area contributed by atoms with E-state index in [4.69, 9.17) is 28.4 Å². The van der Waals surface area contributed by atoms with Gasteiger partial charge in [0.25, 0.3) is 0 Å². The molecule has 6 aromatic carbocycles. The van der Waals surface area contributed by atoms with E-state index >= 15 is 0 Å². The van der Waals surface area contributed by atoms with Crippen molar-refractivity contribution in [3.63, 3.8) is 0 Å². The molecular formula is C46H48N2O6. The van der Waals surface area contributed by atoms with E-state index in [-0.39, 0.29) is 0 Å². The summed E-state index contributed by atoms with van der Waals surface area (Å²) in [7, 11) is 3.33. The molecular weight excluding hydrogens is 677 g/mol. The minimum Gasteiger partial charge on any atom is -0.491 e. The van der Waals surface area contributed by atoms with Crippen molar-refractivity contribution in [3.05, 3.63) is 158 Å². The molecule has 6 aromatic rings. The quantitative estimate of drug-likeness (QED) is 0.0680. The first-order valence-electron chi connectivity index (χ1n) is 18.2. The number of para-hydroxylation sites is 2. The molecule has 0 N–H and O–H groups in total. The maximum Gasteiger partial charge on any atom is 0.121 e. The Morgan fingerprint density at radius 2 is 0.685 bits per heavy atom. The van der Waals surface area contributed by atoms with Crippen molar-refractivity contribution in [2.45, 2.75) is 0 Å². The topological polar surface area (TPSA) is 61.9 Å². The first-order chi connectivity index (χ1) is 26.7. The Balaban J connectivity index is 1.20. The van der Waals surface area contributed by atoms with Crippen LogP contribution in [0.25, 0.3) is 11.1 Å². The second kappa shape index (κ2) is 20.6. The Bertz CT molecular complexity index is 1810. The minimum absolute atomic E-state index is 0.460. The summed E-state index contributed by atoms with van der Waals surface area (Å²) in [5, 5.41) is 0. The molecule has 0 aliphatic heterocycles. The van der Waals surface area contributed by atoms with Crippen LogP contribution in [0.3, 0.4) is 0 Å². The molecule has 0 spiro atoms. The Morgan fingerprint density at radius 3 is 1.07 bits per heavy atom. The molecule has 0 saturated carbocycles. The zero-order valence-corrected chi connectivity index (χ0v) is 31.0. The van der Waals surface area contributed by atoms with Crippen molar-refractivity contribution >= 4 is 34.1 Å². The lowest BCUT2D eigenvalue weighted by Gasteiger charge is -2.26. The van der Waals surface area contributed by atoms with E-state index in [0.717, 1.165) is 56.8 Å². The molecule has 278 valence electrons. The molecule has 0 unspecified atom stereocenters. The molecule has 0 radical (unpaired) electrons. The summed E-state index contributed by atoms with van der Waals surface area (Å²) in [6, 6.07) is 54.4. The van der Waals surface area contributed by atoms with Gasteiger partial charge in [-0.25, -0.2) is 0 Å². The maximum atomic E-state index is 6.03. The second-order valence-corrected chi connectivity index (χ2v) is 12.3. The lowest BCUT2D eigenvalue weighted by atomic mass is 10.0. The van der Waals surface area contributed by atoms with Crippen LogP contribution >= 0.6 is 0 Å². The third kappa shape index (κ3) is 10.7. The van der Waals surface area contributed by atoms with Crippen LogP contribution in [0.4, 0.5) is 34.1 Å². The lowest BCUT2D eigenvalue weighted by molar-refractivity contribution is 0.0544. The van der Waals surface area contributed by atoms with Crippen LogP contribution in [0.2, 0.25) is 0 Å². The molecule has 0 fully saturated rings. The molecule has 0 atom stereocenters. The van der Waals surface area contributed by atoms with Crippen molar-refractivity contribution in [1.82, 2.24) is 0 Å². The van der Waals surface area contributed by atoms with Crippen LogP contribution in [0.1, 0.15) is 0 Å². The van der Waals surface area contributed by atoms with Gasteiger partial charge in [-0.05, 0) is 83.9 Å². The molecule has 8 nitrogen and oxygen atoms in total. The average Bonchev–Trinajstić information content (AvgIpc) is 3.22. The van der Waals surface area contributed by atoms with Gasteiger partial charge in [-0.3, -0.25) is 0 Å². The number of hydrogen-bond acceptors (Lipinski definition) is 8. The molecule has 8 heteroatoms.